The van der Waals surface area contributed by atoms with Crippen molar-refractivity contribution in [3.63, 3.8) is 0 Å². The van der Waals surface area contributed by atoms with Crippen LogP contribution in [0.15, 0.2) is 0 Å². The van der Waals surface area contributed by atoms with Crippen molar-refractivity contribution in [2.45, 2.75) is 63.5 Å². The number of likely N-dealkylation sites (tertiary alicyclic amines) is 1. The Morgan fingerprint density at radius 3 is 2.50 bits per heavy atom. The lowest BCUT2D eigenvalue weighted by atomic mass is 10.2. The zero-order valence-corrected chi connectivity index (χ0v) is 16.3. The molecule has 0 aromatic heterocycles. The number of hydrogen-bond acceptors (Lipinski definition) is 5. The van der Waals surface area contributed by atoms with Gasteiger partial charge in [-0.2, -0.15) is 0 Å². The van der Waals surface area contributed by atoms with E-state index in [1.165, 1.54) is 4.90 Å². The van der Waals surface area contributed by atoms with Gasteiger partial charge in [0.2, 0.25) is 5.91 Å². The first kappa shape index (κ1) is 20.9. The second-order valence-corrected chi connectivity index (χ2v) is 8.93. The highest BCUT2D eigenvalue weighted by Crippen LogP contribution is 2.23. The van der Waals surface area contributed by atoms with Crippen molar-refractivity contribution in [2.75, 3.05) is 26.5 Å². The molecule has 1 rings (SSSR count). The lowest BCUT2D eigenvalue weighted by Crippen LogP contribution is -2.48. The quantitative estimate of drug-likeness (QED) is 0.769. The summed E-state index contributed by atoms with van der Waals surface area (Å²) >= 11 is 0. The second-order valence-electron chi connectivity index (χ2n) is 7.13. The molecule has 0 spiro atoms. The van der Waals surface area contributed by atoms with Crippen molar-refractivity contribution in [1.29, 1.82) is 0 Å². The van der Waals surface area contributed by atoms with Crippen molar-refractivity contribution < 1.29 is 23.3 Å². The molecule has 0 bridgehead atoms. The van der Waals surface area contributed by atoms with Crippen molar-refractivity contribution in [3.8, 4) is 0 Å². The van der Waals surface area contributed by atoms with Crippen LogP contribution < -0.4 is 5.32 Å². The Morgan fingerprint density at radius 2 is 2.00 bits per heavy atom. The topological polar surface area (TPSA) is 84.9 Å². The lowest BCUT2D eigenvalue weighted by molar-refractivity contribution is -0.125. The Kier molecular flexibility index (Phi) is 7.66. The first-order valence-corrected chi connectivity index (χ1v) is 9.79. The van der Waals surface area contributed by atoms with Gasteiger partial charge in [-0.3, -0.25) is 13.9 Å². The number of hydrogen-bond donors (Lipinski definition) is 1. The molecule has 0 radical (unpaired) electrons. The van der Waals surface area contributed by atoms with Crippen LogP contribution in [0.4, 0.5) is 4.79 Å². The molecule has 1 heterocycles. The molecule has 140 valence electrons. The van der Waals surface area contributed by atoms with E-state index in [1.54, 1.807) is 34.1 Å². The molecule has 1 aliphatic rings. The van der Waals surface area contributed by atoms with Crippen LogP contribution in [0, 0.1) is 0 Å². The first-order chi connectivity index (χ1) is 11.0. The minimum Gasteiger partial charge on any atom is -0.444 e. The molecule has 8 heteroatoms. The van der Waals surface area contributed by atoms with Gasteiger partial charge in [-0.25, -0.2) is 4.79 Å². The number of ether oxygens (including phenoxy) is 2. The molecule has 0 unspecified atom stereocenters. The molecule has 7 nitrogen and oxygen atoms in total. The van der Waals surface area contributed by atoms with Gasteiger partial charge in [0.15, 0.2) is 0 Å². The number of rotatable bonds is 6. The Labute approximate surface area is 146 Å². The minimum atomic E-state index is -0.916. The van der Waals surface area contributed by atoms with Crippen LogP contribution in [0.5, 0.6) is 0 Å². The Morgan fingerprint density at radius 1 is 1.38 bits per heavy atom. The Hall–Kier alpha value is -1.15. The van der Waals surface area contributed by atoms with Crippen LogP contribution in [-0.4, -0.2) is 70.6 Å². The van der Waals surface area contributed by atoms with Crippen molar-refractivity contribution in [1.82, 2.24) is 10.2 Å². The fraction of sp³-hybridized carbons (Fsp3) is 0.875. The fourth-order valence-corrected chi connectivity index (χ4v) is 2.87. The monoisotopic (exact) mass is 362 g/mol. The number of nitrogens with zero attached hydrogens (tertiary/aromatic N) is 1. The zero-order chi connectivity index (χ0) is 18.5. The third-order valence-electron chi connectivity index (χ3n) is 3.94. The normalized spacial score (nSPS) is 23.7. The van der Waals surface area contributed by atoms with Crippen LogP contribution in [0.2, 0.25) is 0 Å². The minimum absolute atomic E-state index is 0.0163. The van der Waals surface area contributed by atoms with Gasteiger partial charge < -0.3 is 14.8 Å². The molecule has 24 heavy (non-hydrogen) atoms. The van der Waals surface area contributed by atoms with Gasteiger partial charge in [0.1, 0.15) is 11.6 Å². The molecule has 1 N–H and O–H groups in total. The summed E-state index contributed by atoms with van der Waals surface area (Å²) in [5, 5.41) is 2.84. The Balaban J connectivity index is 2.65. The summed E-state index contributed by atoms with van der Waals surface area (Å²) < 4.78 is 22.0. The average molecular weight is 362 g/mol. The molecule has 1 fully saturated rings. The SMILES string of the molecule is CO[C@H]1C[C@H](C(=O)NCC[C@@H](C)[S@@](C)=O)N(C(=O)OC(C)(C)C)C1. The van der Waals surface area contributed by atoms with Crippen LogP contribution in [-0.2, 0) is 25.1 Å². The highest BCUT2D eigenvalue weighted by molar-refractivity contribution is 7.84. The summed E-state index contributed by atoms with van der Waals surface area (Å²) in [4.78, 5) is 26.2. The molecule has 4 atom stereocenters. The molecule has 0 aliphatic carbocycles. The van der Waals surface area contributed by atoms with E-state index < -0.39 is 28.5 Å². The highest BCUT2D eigenvalue weighted by Gasteiger charge is 2.41. The fourth-order valence-electron chi connectivity index (χ4n) is 2.42. The Bertz CT molecular complexity index is 478. The van der Waals surface area contributed by atoms with E-state index in [4.69, 9.17) is 9.47 Å². The van der Waals surface area contributed by atoms with Gasteiger partial charge in [0, 0.05) is 42.4 Å². The van der Waals surface area contributed by atoms with Crippen LogP contribution in [0.1, 0.15) is 40.5 Å². The van der Waals surface area contributed by atoms with Crippen molar-refractivity contribution >= 4 is 22.8 Å². The van der Waals surface area contributed by atoms with Gasteiger partial charge in [-0.05, 0) is 27.2 Å². The van der Waals surface area contributed by atoms with Gasteiger partial charge in [-0.1, -0.05) is 6.92 Å². The van der Waals surface area contributed by atoms with Crippen LogP contribution in [0.3, 0.4) is 0 Å². The number of carbonyl (C=O) groups excluding carboxylic acids is 2. The van der Waals surface area contributed by atoms with Crippen LogP contribution in [0.25, 0.3) is 0 Å². The summed E-state index contributed by atoms with van der Waals surface area (Å²) in [5.41, 5.74) is -0.621. The van der Waals surface area contributed by atoms with Gasteiger partial charge in [0.05, 0.1) is 12.6 Å². The van der Waals surface area contributed by atoms with E-state index in [2.05, 4.69) is 5.32 Å². The molecule has 0 aromatic carbocycles. The van der Waals surface area contributed by atoms with Crippen LogP contribution >= 0.6 is 0 Å². The number of amides is 2. The molecule has 1 saturated heterocycles. The number of methoxy groups -OCH3 is 1. The van der Waals surface area contributed by atoms with E-state index in [0.29, 0.717) is 25.9 Å². The molecule has 0 aromatic rings. The summed E-state index contributed by atoms with van der Waals surface area (Å²) in [6, 6.07) is -0.604. The average Bonchev–Trinajstić information content (AvgIpc) is 2.89. The predicted octanol–water partition coefficient (Wildman–Crippen LogP) is 1.28. The van der Waals surface area contributed by atoms with Gasteiger partial charge in [0.25, 0.3) is 0 Å². The molecule has 0 saturated carbocycles. The smallest absolute Gasteiger partial charge is 0.411 e. The van der Waals surface area contributed by atoms with Gasteiger partial charge in [-0.15, -0.1) is 0 Å². The summed E-state index contributed by atoms with van der Waals surface area (Å²) in [6.07, 6.45) is 2.02. The van der Waals surface area contributed by atoms with Crippen molar-refractivity contribution in [2.24, 2.45) is 0 Å². The predicted molar refractivity (Wildman–Crippen MR) is 93.3 cm³/mol. The van der Waals surface area contributed by atoms with E-state index in [9.17, 15) is 13.8 Å². The van der Waals surface area contributed by atoms with Gasteiger partial charge >= 0.3 is 6.09 Å². The third kappa shape index (κ3) is 6.39. The maximum absolute atomic E-state index is 12.4. The number of nitrogens with one attached hydrogen (secondary N) is 1. The zero-order valence-electron chi connectivity index (χ0n) is 15.5. The molecular formula is C16H30N2O5S. The highest BCUT2D eigenvalue weighted by atomic mass is 32.2. The third-order valence-corrected chi connectivity index (χ3v) is 5.31. The maximum Gasteiger partial charge on any atom is 0.411 e. The number of carbonyl (C=O) groups is 2. The van der Waals surface area contributed by atoms with E-state index in [1.807, 2.05) is 6.92 Å². The summed E-state index contributed by atoms with van der Waals surface area (Å²) in [6.45, 7) is 8.00. The first-order valence-electron chi connectivity index (χ1n) is 8.17. The second kappa shape index (κ2) is 8.80. The lowest BCUT2D eigenvalue weighted by Gasteiger charge is -2.28. The molecule has 2 amide bonds. The molecular weight excluding hydrogens is 332 g/mol. The van der Waals surface area contributed by atoms with Crippen molar-refractivity contribution in [3.05, 3.63) is 0 Å². The summed E-state index contributed by atoms with van der Waals surface area (Å²) in [7, 11) is 0.650. The standard InChI is InChI=1S/C16H30N2O5S/c1-11(24(6)21)7-8-17-14(19)13-9-12(22-5)10-18(13)15(20)23-16(2,3)4/h11-13H,7-10H2,1-6H3,(H,17,19)/t11-,12+,13-,24-/m1/s1. The van der Waals surface area contributed by atoms with E-state index in [0.717, 1.165) is 0 Å². The molecule has 1 aliphatic heterocycles. The van der Waals surface area contributed by atoms with E-state index >= 15 is 0 Å². The summed E-state index contributed by atoms with van der Waals surface area (Å²) in [5.74, 6) is -0.227. The maximum atomic E-state index is 12.4. The van der Waals surface area contributed by atoms with E-state index in [-0.39, 0.29) is 17.3 Å². The largest absolute Gasteiger partial charge is 0.444 e.